The van der Waals surface area contributed by atoms with Gasteiger partial charge in [0.05, 0.1) is 14.2 Å². The summed E-state index contributed by atoms with van der Waals surface area (Å²) in [6, 6.07) is 13.0. The van der Waals surface area contributed by atoms with Gasteiger partial charge in [-0.1, -0.05) is 28.1 Å². The molecule has 116 valence electrons. The molecule has 0 aliphatic heterocycles. The van der Waals surface area contributed by atoms with Crippen LogP contribution in [0.2, 0.25) is 0 Å². The highest BCUT2D eigenvalue weighted by Crippen LogP contribution is 2.27. The molecule has 2 aromatic rings. The molecule has 1 unspecified atom stereocenters. The molecule has 1 N–H and O–H groups in total. The molecule has 0 spiro atoms. The van der Waals surface area contributed by atoms with Crippen LogP contribution in [-0.2, 0) is 19.4 Å². The van der Waals surface area contributed by atoms with Crippen LogP contribution < -0.4 is 14.8 Å². The van der Waals surface area contributed by atoms with E-state index in [4.69, 9.17) is 9.47 Å². The number of halogens is 1. The number of hydrogen-bond donors (Lipinski definition) is 1. The molecule has 0 amide bonds. The second-order valence-corrected chi connectivity index (χ2v) is 6.49. The Morgan fingerprint density at radius 2 is 1.86 bits per heavy atom. The summed E-state index contributed by atoms with van der Waals surface area (Å²) < 4.78 is 11.8. The van der Waals surface area contributed by atoms with Crippen LogP contribution in [0.5, 0.6) is 11.5 Å². The Kier molecular flexibility index (Phi) is 4.69. The summed E-state index contributed by atoms with van der Waals surface area (Å²) >= 11 is 3.54. The van der Waals surface area contributed by atoms with Crippen LogP contribution in [0, 0.1) is 0 Å². The predicted octanol–water partition coefficient (Wildman–Crippen LogP) is 3.72. The van der Waals surface area contributed by atoms with Gasteiger partial charge in [0.15, 0.2) is 0 Å². The zero-order chi connectivity index (χ0) is 15.5. The van der Waals surface area contributed by atoms with Crippen LogP contribution in [0.25, 0.3) is 0 Å². The third-order valence-corrected chi connectivity index (χ3v) is 4.67. The lowest BCUT2D eigenvalue weighted by Crippen LogP contribution is -2.29. The molecule has 0 fully saturated rings. The lowest BCUT2D eigenvalue weighted by molar-refractivity contribution is 0.388. The van der Waals surface area contributed by atoms with Gasteiger partial charge in [-0.05, 0) is 42.2 Å². The van der Waals surface area contributed by atoms with Crippen LogP contribution in [0.3, 0.4) is 0 Å². The first-order chi connectivity index (χ1) is 10.7. The van der Waals surface area contributed by atoms with Crippen LogP contribution >= 0.6 is 15.9 Å². The molecule has 0 radical (unpaired) electrons. The fraction of sp³-hybridized carbons (Fsp3) is 0.333. The monoisotopic (exact) mass is 361 g/mol. The lowest BCUT2D eigenvalue weighted by Gasteiger charge is -2.15. The minimum atomic E-state index is 0.483. The maximum atomic E-state index is 5.45. The van der Waals surface area contributed by atoms with Crippen molar-refractivity contribution in [3.8, 4) is 11.5 Å². The summed E-state index contributed by atoms with van der Waals surface area (Å²) in [5.41, 5.74) is 4.04. The largest absolute Gasteiger partial charge is 0.497 e. The Morgan fingerprint density at radius 3 is 2.64 bits per heavy atom. The average Bonchev–Trinajstić information content (AvgIpc) is 2.94. The molecule has 22 heavy (non-hydrogen) atoms. The number of hydrogen-bond acceptors (Lipinski definition) is 3. The summed E-state index contributed by atoms with van der Waals surface area (Å²) in [5, 5.41) is 3.64. The van der Waals surface area contributed by atoms with Gasteiger partial charge in [0.2, 0.25) is 0 Å². The number of benzene rings is 2. The van der Waals surface area contributed by atoms with Gasteiger partial charge in [-0.3, -0.25) is 0 Å². The summed E-state index contributed by atoms with van der Waals surface area (Å²) in [4.78, 5) is 0. The van der Waals surface area contributed by atoms with Gasteiger partial charge < -0.3 is 14.8 Å². The molecule has 0 saturated carbocycles. The first-order valence-corrected chi connectivity index (χ1v) is 8.20. The molecule has 1 aliphatic carbocycles. The Labute approximate surface area is 139 Å². The van der Waals surface area contributed by atoms with E-state index in [1.807, 2.05) is 12.1 Å². The molecular weight excluding hydrogens is 342 g/mol. The van der Waals surface area contributed by atoms with E-state index in [2.05, 4.69) is 45.5 Å². The quantitative estimate of drug-likeness (QED) is 0.880. The second-order valence-electron chi connectivity index (χ2n) is 5.58. The number of ether oxygens (including phenoxy) is 2. The van der Waals surface area contributed by atoms with E-state index >= 15 is 0 Å². The molecule has 2 aromatic carbocycles. The van der Waals surface area contributed by atoms with Gasteiger partial charge in [0, 0.05) is 28.7 Å². The fourth-order valence-electron chi connectivity index (χ4n) is 2.98. The Balaban J connectivity index is 1.64. The van der Waals surface area contributed by atoms with Crippen molar-refractivity contribution < 1.29 is 9.47 Å². The number of fused-ring (bicyclic) bond motifs is 1. The van der Waals surface area contributed by atoms with Crippen molar-refractivity contribution in [2.45, 2.75) is 25.4 Å². The van der Waals surface area contributed by atoms with Crippen molar-refractivity contribution >= 4 is 15.9 Å². The molecule has 0 saturated heterocycles. The number of nitrogens with one attached hydrogen (secondary N) is 1. The standard InChI is InChI=1S/C18H20BrNO2/c1-21-17-6-4-13(18(10-17)22-2)11-20-16-8-12-3-5-15(19)7-14(12)9-16/h3-7,10,16,20H,8-9,11H2,1-2H3. The van der Waals surface area contributed by atoms with Crippen molar-refractivity contribution in [3.63, 3.8) is 0 Å². The Hall–Kier alpha value is -1.52. The van der Waals surface area contributed by atoms with Gasteiger partial charge in [-0.15, -0.1) is 0 Å². The molecule has 0 aromatic heterocycles. The third kappa shape index (κ3) is 3.28. The molecule has 1 atom stereocenters. The van der Waals surface area contributed by atoms with Gasteiger partial charge in [-0.25, -0.2) is 0 Å². The minimum Gasteiger partial charge on any atom is -0.497 e. The van der Waals surface area contributed by atoms with Crippen LogP contribution in [0.1, 0.15) is 16.7 Å². The summed E-state index contributed by atoms with van der Waals surface area (Å²) in [6.45, 7) is 0.799. The highest BCUT2D eigenvalue weighted by atomic mass is 79.9. The highest BCUT2D eigenvalue weighted by Gasteiger charge is 2.21. The van der Waals surface area contributed by atoms with E-state index in [0.29, 0.717) is 6.04 Å². The van der Waals surface area contributed by atoms with Gasteiger partial charge >= 0.3 is 0 Å². The molecule has 0 heterocycles. The second kappa shape index (κ2) is 6.71. The normalized spacial score (nSPS) is 16.4. The summed E-state index contributed by atoms with van der Waals surface area (Å²) in [6.07, 6.45) is 2.16. The van der Waals surface area contributed by atoms with Crippen molar-refractivity contribution in [2.24, 2.45) is 0 Å². The van der Waals surface area contributed by atoms with Crippen LogP contribution in [0.15, 0.2) is 40.9 Å². The number of rotatable bonds is 5. The van der Waals surface area contributed by atoms with Crippen molar-refractivity contribution in [2.75, 3.05) is 14.2 Å². The van der Waals surface area contributed by atoms with E-state index < -0.39 is 0 Å². The Morgan fingerprint density at radius 1 is 1.05 bits per heavy atom. The fourth-order valence-corrected chi connectivity index (χ4v) is 3.39. The zero-order valence-electron chi connectivity index (χ0n) is 12.9. The molecule has 4 heteroatoms. The highest BCUT2D eigenvalue weighted by molar-refractivity contribution is 9.10. The SMILES string of the molecule is COc1ccc(CNC2Cc3ccc(Br)cc3C2)c(OC)c1. The average molecular weight is 362 g/mol. The topological polar surface area (TPSA) is 30.5 Å². The third-order valence-electron chi connectivity index (χ3n) is 4.18. The lowest BCUT2D eigenvalue weighted by atomic mass is 10.1. The molecule has 3 rings (SSSR count). The predicted molar refractivity (Wildman–Crippen MR) is 91.7 cm³/mol. The molecule has 1 aliphatic rings. The van der Waals surface area contributed by atoms with E-state index in [1.165, 1.54) is 11.1 Å². The summed E-state index contributed by atoms with van der Waals surface area (Å²) in [7, 11) is 3.36. The van der Waals surface area contributed by atoms with Crippen molar-refractivity contribution in [1.82, 2.24) is 5.32 Å². The zero-order valence-corrected chi connectivity index (χ0v) is 14.4. The van der Waals surface area contributed by atoms with Crippen molar-refractivity contribution in [3.05, 3.63) is 57.6 Å². The van der Waals surface area contributed by atoms with E-state index in [-0.39, 0.29) is 0 Å². The smallest absolute Gasteiger partial charge is 0.127 e. The van der Waals surface area contributed by atoms with Crippen LogP contribution in [-0.4, -0.2) is 20.3 Å². The first kappa shape index (κ1) is 15.4. The number of methoxy groups -OCH3 is 2. The Bertz CT molecular complexity index is 672. The maximum absolute atomic E-state index is 5.45. The molecule has 0 bridgehead atoms. The van der Waals surface area contributed by atoms with Gasteiger partial charge in [0.1, 0.15) is 11.5 Å². The van der Waals surface area contributed by atoms with E-state index in [9.17, 15) is 0 Å². The maximum Gasteiger partial charge on any atom is 0.127 e. The summed E-state index contributed by atoms with van der Waals surface area (Å²) in [5.74, 6) is 1.68. The van der Waals surface area contributed by atoms with Crippen molar-refractivity contribution in [1.29, 1.82) is 0 Å². The van der Waals surface area contributed by atoms with E-state index in [1.54, 1.807) is 14.2 Å². The van der Waals surface area contributed by atoms with Crippen LogP contribution in [0.4, 0.5) is 0 Å². The molecule has 3 nitrogen and oxygen atoms in total. The van der Waals surface area contributed by atoms with Gasteiger partial charge in [-0.2, -0.15) is 0 Å². The van der Waals surface area contributed by atoms with E-state index in [0.717, 1.165) is 40.9 Å². The minimum absolute atomic E-state index is 0.483. The molecular formula is C18H20BrNO2. The first-order valence-electron chi connectivity index (χ1n) is 7.41. The van der Waals surface area contributed by atoms with Gasteiger partial charge in [0.25, 0.3) is 0 Å².